The molecule has 1 aromatic heterocycles. The van der Waals surface area contributed by atoms with Crippen LogP contribution in [0.3, 0.4) is 0 Å². The number of aromatic nitrogens is 1. The number of hydrogen-bond acceptors (Lipinski definition) is 5. The van der Waals surface area contributed by atoms with Gasteiger partial charge in [0.25, 0.3) is 0 Å². The Labute approximate surface area is 149 Å². The van der Waals surface area contributed by atoms with Gasteiger partial charge in [0.15, 0.2) is 0 Å². The summed E-state index contributed by atoms with van der Waals surface area (Å²) in [4.78, 5) is 6.76. The van der Waals surface area contributed by atoms with Crippen molar-refractivity contribution in [3.8, 4) is 6.07 Å². The van der Waals surface area contributed by atoms with Crippen LogP contribution in [0.1, 0.15) is 24.5 Å². The lowest BCUT2D eigenvalue weighted by atomic mass is 10.1. The molecule has 5 nitrogen and oxygen atoms in total. The molecule has 0 amide bonds. The molecule has 1 aromatic carbocycles. The molecule has 3 rings (SSSR count). The number of nitriles is 1. The van der Waals surface area contributed by atoms with Gasteiger partial charge in [-0.15, -0.1) is 0 Å². The Morgan fingerprint density at radius 3 is 2.84 bits per heavy atom. The molecule has 2 heterocycles. The number of pyridine rings is 1. The summed E-state index contributed by atoms with van der Waals surface area (Å²) in [6.45, 7) is 5.71. The highest BCUT2D eigenvalue weighted by atomic mass is 16.5. The highest BCUT2D eigenvalue weighted by Crippen LogP contribution is 2.17. The molecule has 1 N–H and O–H groups in total. The van der Waals surface area contributed by atoms with Crippen LogP contribution in [0.2, 0.25) is 0 Å². The zero-order valence-corrected chi connectivity index (χ0v) is 14.6. The zero-order valence-electron chi connectivity index (χ0n) is 14.6. The summed E-state index contributed by atoms with van der Waals surface area (Å²) in [5.41, 5.74) is 1.90. The minimum atomic E-state index is 0.125. The van der Waals surface area contributed by atoms with E-state index in [2.05, 4.69) is 52.5 Å². The topological polar surface area (TPSA) is 61.2 Å². The van der Waals surface area contributed by atoms with E-state index in [-0.39, 0.29) is 12.1 Å². The molecule has 1 aliphatic rings. The summed E-state index contributed by atoms with van der Waals surface area (Å²) in [5.74, 6) is 0.787. The van der Waals surface area contributed by atoms with Crippen LogP contribution in [0.25, 0.3) is 0 Å². The van der Waals surface area contributed by atoms with Crippen molar-refractivity contribution in [2.75, 3.05) is 25.0 Å². The van der Waals surface area contributed by atoms with Crippen LogP contribution in [0.5, 0.6) is 0 Å². The van der Waals surface area contributed by atoms with Crippen molar-refractivity contribution in [1.29, 1.82) is 5.26 Å². The third kappa shape index (κ3) is 4.79. The molecule has 2 atom stereocenters. The Hall–Kier alpha value is -2.42. The van der Waals surface area contributed by atoms with E-state index in [1.165, 1.54) is 5.56 Å². The van der Waals surface area contributed by atoms with E-state index in [9.17, 15) is 0 Å². The summed E-state index contributed by atoms with van der Waals surface area (Å²) < 4.78 is 6.03. The second-order valence-electron chi connectivity index (χ2n) is 6.33. The molecule has 1 fully saturated rings. The average molecular weight is 336 g/mol. The summed E-state index contributed by atoms with van der Waals surface area (Å²) in [6.07, 6.45) is 2.67. The van der Waals surface area contributed by atoms with Crippen LogP contribution >= 0.6 is 0 Å². The zero-order chi connectivity index (χ0) is 17.5. The molecule has 1 aliphatic heterocycles. The van der Waals surface area contributed by atoms with E-state index < -0.39 is 0 Å². The van der Waals surface area contributed by atoms with Gasteiger partial charge in [-0.1, -0.05) is 37.3 Å². The van der Waals surface area contributed by atoms with Gasteiger partial charge in [-0.25, -0.2) is 4.98 Å². The number of hydrogen-bond donors (Lipinski definition) is 1. The van der Waals surface area contributed by atoms with Crippen LogP contribution in [0, 0.1) is 11.3 Å². The number of benzene rings is 1. The van der Waals surface area contributed by atoms with Gasteiger partial charge in [0.2, 0.25) is 0 Å². The molecule has 0 aliphatic carbocycles. The Kier molecular flexibility index (Phi) is 5.99. The number of nitrogens with one attached hydrogen (secondary N) is 1. The lowest BCUT2D eigenvalue weighted by Gasteiger charge is -2.37. The molecule has 2 aromatic rings. The highest BCUT2D eigenvalue weighted by molar-refractivity contribution is 5.40. The third-order valence-electron chi connectivity index (χ3n) is 4.54. The van der Waals surface area contributed by atoms with E-state index in [1.807, 2.05) is 12.1 Å². The largest absolute Gasteiger partial charge is 0.373 e. The van der Waals surface area contributed by atoms with Gasteiger partial charge in [-0.05, 0) is 24.1 Å². The second kappa shape index (κ2) is 8.61. The SMILES string of the molecule is CCC(Nc1ccc(C#N)cn1)C1CN(Cc2ccccc2)CCO1. The maximum Gasteiger partial charge on any atom is 0.126 e. The minimum absolute atomic E-state index is 0.125. The first kappa shape index (κ1) is 17.4. The molecule has 0 spiro atoms. The van der Waals surface area contributed by atoms with E-state index in [1.54, 1.807) is 12.3 Å². The van der Waals surface area contributed by atoms with Gasteiger partial charge in [0.05, 0.1) is 24.3 Å². The summed E-state index contributed by atoms with van der Waals surface area (Å²) in [5, 5.41) is 12.3. The maximum atomic E-state index is 8.87. The maximum absolute atomic E-state index is 8.87. The average Bonchev–Trinajstić information content (AvgIpc) is 2.67. The molecule has 130 valence electrons. The highest BCUT2D eigenvalue weighted by Gasteiger charge is 2.27. The quantitative estimate of drug-likeness (QED) is 0.878. The van der Waals surface area contributed by atoms with E-state index in [4.69, 9.17) is 10.00 Å². The Morgan fingerprint density at radius 2 is 2.16 bits per heavy atom. The van der Waals surface area contributed by atoms with Crippen LogP contribution in [0.4, 0.5) is 5.82 Å². The molecule has 5 heteroatoms. The van der Waals surface area contributed by atoms with Crippen molar-refractivity contribution in [2.45, 2.75) is 32.0 Å². The summed E-state index contributed by atoms with van der Waals surface area (Å²) in [6, 6.07) is 16.5. The molecular weight excluding hydrogens is 312 g/mol. The lowest BCUT2D eigenvalue weighted by molar-refractivity contribution is -0.0403. The summed E-state index contributed by atoms with van der Waals surface area (Å²) in [7, 11) is 0. The fraction of sp³-hybridized carbons (Fsp3) is 0.400. The number of morpholine rings is 1. The van der Waals surface area contributed by atoms with Gasteiger partial charge in [0, 0.05) is 25.8 Å². The molecule has 1 saturated heterocycles. The van der Waals surface area contributed by atoms with Gasteiger partial charge in [0.1, 0.15) is 11.9 Å². The standard InChI is InChI=1S/C20H24N4O/c1-2-18(23-20-9-8-17(12-21)13-22-20)19-15-24(10-11-25-19)14-16-6-4-3-5-7-16/h3-9,13,18-19H,2,10-11,14-15H2,1H3,(H,22,23). The van der Waals surface area contributed by atoms with Crippen LogP contribution < -0.4 is 5.32 Å². The smallest absolute Gasteiger partial charge is 0.126 e. The molecular formula is C20H24N4O. The normalized spacial score (nSPS) is 19.1. The minimum Gasteiger partial charge on any atom is -0.373 e. The van der Waals surface area contributed by atoms with Crippen molar-refractivity contribution >= 4 is 5.82 Å². The van der Waals surface area contributed by atoms with Crippen LogP contribution in [-0.2, 0) is 11.3 Å². The Morgan fingerprint density at radius 1 is 1.32 bits per heavy atom. The fourth-order valence-corrected chi connectivity index (χ4v) is 3.15. The van der Waals surface area contributed by atoms with E-state index in [0.717, 1.165) is 38.5 Å². The Balaban J connectivity index is 1.60. The second-order valence-corrected chi connectivity index (χ2v) is 6.33. The van der Waals surface area contributed by atoms with Crippen molar-refractivity contribution in [2.24, 2.45) is 0 Å². The summed E-state index contributed by atoms with van der Waals surface area (Å²) >= 11 is 0. The first-order valence-corrected chi connectivity index (χ1v) is 8.79. The van der Waals surface area contributed by atoms with Crippen LogP contribution in [0.15, 0.2) is 48.7 Å². The number of ether oxygens (including phenoxy) is 1. The first-order chi connectivity index (χ1) is 12.3. The van der Waals surface area contributed by atoms with Crippen molar-refractivity contribution < 1.29 is 4.74 Å². The number of rotatable bonds is 6. The fourth-order valence-electron chi connectivity index (χ4n) is 3.15. The van der Waals surface area contributed by atoms with Gasteiger partial charge in [-0.2, -0.15) is 5.26 Å². The molecule has 0 bridgehead atoms. The number of nitrogens with zero attached hydrogens (tertiary/aromatic N) is 3. The molecule has 0 saturated carbocycles. The number of anilines is 1. The molecule has 2 unspecified atom stereocenters. The predicted octanol–water partition coefficient (Wildman–Crippen LogP) is 3.04. The van der Waals surface area contributed by atoms with E-state index >= 15 is 0 Å². The first-order valence-electron chi connectivity index (χ1n) is 8.79. The lowest BCUT2D eigenvalue weighted by Crippen LogP contribution is -2.49. The van der Waals surface area contributed by atoms with Crippen molar-refractivity contribution in [3.63, 3.8) is 0 Å². The van der Waals surface area contributed by atoms with Gasteiger partial charge >= 0.3 is 0 Å². The van der Waals surface area contributed by atoms with Gasteiger partial charge < -0.3 is 10.1 Å². The van der Waals surface area contributed by atoms with E-state index in [0.29, 0.717) is 5.56 Å². The Bertz CT molecular complexity index is 696. The third-order valence-corrected chi connectivity index (χ3v) is 4.54. The van der Waals surface area contributed by atoms with Crippen molar-refractivity contribution in [3.05, 3.63) is 59.8 Å². The van der Waals surface area contributed by atoms with Gasteiger partial charge in [-0.3, -0.25) is 4.90 Å². The monoisotopic (exact) mass is 336 g/mol. The predicted molar refractivity (Wildman–Crippen MR) is 98.1 cm³/mol. The molecule has 25 heavy (non-hydrogen) atoms. The van der Waals surface area contributed by atoms with Crippen LogP contribution in [-0.4, -0.2) is 41.7 Å². The van der Waals surface area contributed by atoms with Crippen molar-refractivity contribution in [1.82, 2.24) is 9.88 Å². The molecule has 0 radical (unpaired) electrons.